The SMILES string of the molecule is CCCN(CC1CCCCN1)c1ncncc1Br. The summed E-state index contributed by atoms with van der Waals surface area (Å²) in [6.45, 7) is 5.42. The Kier molecular flexibility index (Phi) is 5.38. The first-order valence-electron chi connectivity index (χ1n) is 6.75. The molecule has 0 saturated carbocycles. The average molecular weight is 313 g/mol. The summed E-state index contributed by atoms with van der Waals surface area (Å²) >= 11 is 3.54. The fourth-order valence-electron chi connectivity index (χ4n) is 2.44. The first-order valence-corrected chi connectivity index (χ1v) is 7.54. The van der Waals surface area contributed by atoms with Crippen molar-refractivity contribution in [2.75, 3.05) is 24.5 Å². The first-order chi connectivity index (χ1) is 8.81. The Bertz CT molecular complexity index is 366. The van der Waals surface area contributed by atoms with Crippen LogP contribution >= 0.6 is 15.9 Å². The number of hydrogen-bond acceptors (Lipinski definition) is 4. The van der Waals surface area contributed by atoms with Gasteiger partial charge in [-0.25, -0.2) is 9.97 Å². The van der Waals surface area contributed by atoms with Gasteiger partial charge in [-0.1, -0.05) is 13.3 Å². The van der Waals surface area contributed by atoms with E-state index < -0.39 is 0 Å². The summed E-state index contributed by atoms with van der Waals surface area (Å²) < 4.78 is 0.981. The lowest BCUT2D eigenvalue weighted by molar-refractivity contribution is 0.398. The number of aromatic nitrogens is 2. The van der Waals surface area contributed by atoms with Crippen molar-refractivity contribution in [3.8, 4) is 0 Å². The van der Waals surface area contributed by atoms with E-state index in [2.05, 4.69) is 43.0 Å². The second kappa shape index (κ2) is 7.04. The molecular formula is C13H21BrN4. The predicted molar refractivity (Wildman–Crippen MR) is 77.9 cm³/mol. The lowest BCUT2D eigenvalue weighted by atomic mass is 10.0. The average Bonchev–Trinajstić information content (AvgIpc) is 2.40. The van der Waals surface area contributed by atoms with Crippen molar-refractivity contribution in [3.63, 3.8) is 0 Å². The van der Waals surface area contributed by atoms with Crippen LogP contribution in [-0.4, -0.2) is 35.6 Å². The smallest absolute Gasteiger partial charge is 0.146 e. The van der Waals surface area contributed by atoms with Crippen LogP contribution in [0.25, 0.3) is 0 Å². The van der Waals surface area contributed by atoms with E-state index in [4.69, 9.17) is 0 Å². The van der Waals surface area contributed by atoms with Crippen LogP contribution in [0.2, 0.25) is 0 Å². The van der Waals surface area contributed by atoms with Crippen molar-refractivity contribution >= 4 is 21.7 Å². The zero-order valence-corrected chi connectivity index (χ0v) is 12.5. The fourth-order valence-corrected chi connectivity index (χ4v) is 2.91. The van der Waals surface area contributed by atoms with Gasteiger partial charge in [-0.05, 0) is 41.7 Å². The molecule has 1 N–H and O–H groups in total. The third kappa shape index (κ3) is 3.65. The second-order valence-corrected chi connectivity index (χ2v) is 5.64. The minimum absolute atomic E-state index is 0.590. The summed E-state index contributed by atoms with van der Waals surface area (Å²) in [6, 6.07) is 0.590. The molecule has 0 bridgehead atoms. The van der Waals surface area contributed by atoms with Crippen LogP contribution in [0.5, 0.6) is 0 Å². The lowest BCUT2D eigenvalue weighted by Gasteiger charge is -2.31. The van der Waals surface area contributed by atoms with Crippen molar-refractivity contribution in [2.45, 2.75) is 38.6 Å². The Hall–Kier alpha value is -0.680. The number of nitrogens with one attached hydrogen (secondary N) is 1. The molecule has 0 aromatic carbocycles. The largest absolute Gasteiger partial charge is 0.354 e. The number of nitrogens with zero attached hydrogens (tertiary/aromatic N) is 3. The number of rotatable bonds is 5. The van der Waals surface area contributed by atoms with Gasteiger partial charge in [0.1, 0.15) is 12.1 Å². The second-order valence-electron chi connectivity index (χ2n) is 4.79. The van der Waals surface area contributed by atoms with E-state index in [1.807, 2.05) is 6.20 Å². The highest BCUT2D eigenvalue weighted by molar-refractivity contribution is 9.10. The van der Waals surface area contributed by atoms with Gasteiger partial charge in [0.25, 0.3) is 0 Å². The molecule has 1 aromatic heterocycles. The monoisotopic (exact) mass is 312 g/mol. The Balaban J connectivity index is 2.05. The van der Waals surface area contributed by atoms with Crippen LogP contribution in [0, 0.1) is 0 Å². The Morgan fingerprint density at radius 2 is 2.39 bits per heavy atom. The van der Waals surface area contributed by atoms with Crippen molar-refractivity contribution < 1.29 is 0 Å². The molecule has 1 aliphatic rings. The van der Waals surface area contributed by atoms with E-state index in [1.165, 1.54) is 19.3 Å². The third-order valence-corrected chi connectivity index (χ3v) is 3.85. The zero-order chi connectivity index (χ0) is 12.8. The van der Waals surface area contributed by atoms with Crippen LogP contribution < -0.4 is 10.2 Å². The van der Waals surface area contributed by atoms with Gasteiger partial charge in [0.05, 0.1) is 4.47 Å². The molecule has 1 aromatic rings. The van der Waals surface area contributed by atoms with Gasteiger partial charge >= 0.3 is 0 Å². The van der Waals surface area contributed by atoms with Crippen LogP contribution in [0.1, 0.15) is 32.6 Å². The molecule has 0 spiro atoms. The lowest BCUT2D eigenvalue weighted by Crippen LogP contribution is -2.44. The summed E-state index contributed by atoms with van der Waals surface area (Å²) in [6.07, 6.45) is 8.48. The van der Waals surface area contributed by atoms with Gasteiger partial charge in [-0.2, -0.15) is 0 Å². The third-order valence-electron chi connectivity index (χ3n) is 3.29. The van der Waals surface area contributed by atoms with E-state index in [0.717, 1.165) is 36.3 Å². The molecule has 2 rings (SSSR count). The highest BCUT2D eigenvalue weighted by Gasteiger charge is 2.18. The maximum absolute atomic E-state index is 4.40. The summed E-state index contributed by atoms with van der Waals surface area (Å²) in [7, 11) is 0. The van der Waals surface area contributed by atoms with Gasteiger partial charge in [0, 0.05) is 25.3 Å². The van der Waals surface area contributed by atoms with E-state index in [1.54, 1.807) is 6.33 Å². The summed E-state index contributed by atoms with van der Waals surface area (Å²) in [4.78, 5) is 10.8. The minimum atomic E-state index is 0.590. The van der Waals surface area contributed by atoms with Crippen LogP contribution in [0.4, 0.5) is 5.82 Å². The molecule has 1 unspecified atom stereocenters. The standard InChI is InChI=1S/C13H21BrN4/c1-2-7-18(9-11-5-3-4-6-16-11)13-12(14)8-15-10-17-13/h8,10-11,16H,2-7,9H2,1H3. The Morgan fingerprint density at radius 1 is 1.50 bits per heavy atom. The molecule has 1 saturated heterocycles. The normalized spacial score (nSPS) is 19.8. The molecule has 0 amide bonds. The number of halogens is 1. The highest BCUT2D eigenvalue weighted by Crippen LogP contribution is 2.23. The molecule has 18 heavy (non-hydrogen) atoms. The molecule has 100 valence electrons. The molecule has 5 heteroatoms. The van der Waals surface area contributed by atoms with Crippen LogP contribution in [-0.2, 0) is 0 Å². The number of anilines is 1. The number of piperidine rings is 1. The van der Waals surface area contributed by atoms with Gasteiger partial charge in [0.2, 0.25) is 0 Å². The highest BCUT2D eigenvalue weighted by atomic mass is 79.9. The van der Waals surface area contributed by atoms with Crippen LogP contribution in [0.3, 0.4) is 0 Å². The van der Waals surface area contributed by atoms with Crippen molar-refractivity contribution in [1.29, 1.82) is 0 Å². The van der Waals surface area contributed by atoms with Gasteiger partial charge in [-0.15, -0.1) is 0 Å². The molecule has 1 atom stereocenters. The molecule has 1 fully saturated rings. The zero-order valence-electron chi connectivity index (χ0n) is 10.9. The predicted octanol–water partition coefficient (Wildman–Crippen LogP) is 2.60. The van der Waals surface area contributed by atoms with E-state index in [-0.39, 0.29) is 0 Å². The molecule has 0 aliphatic carbocycles. The van der Waals surface area contributed by atoms with Crippen molar-refractivity contribution in [1.82, 2.24) is 15.3 Å². The quantitative estimate of drug-likeness (QED) is 0.907. The van der Waals surface area contributed by atoms with E-state index >= 15 is 0 Å². The van der Waals surface area contributed by atoms with Crippen molar-refractivity contribution in [3.05, 3.63) is 17.0 Å². The Labute approximate surface area is 117 Å². The first kappa shape index (κ1) is 13.7. The van der Waals surface area contributed by atoms with Gasteiger partial charge in [0.15, 0.2) is 0 Å². The molecule has 0 radical (unpaired) electrons. The summed E-state index contributed by atoms with van der Waals surface area (Å²) in [5.74, 6) is 1.01. The van der Waals surface area contributed by atoms with E-state index in [9.17, 15) is 0 Å². The maximum atomic E-state index is 4.40. The molecule has 4 nitrogen and oxygen atoms in total. The van der Waals surface area contributed by atoms with E-state index in [0.29, 0.717) is 6.04 Å². The van der Waals surface area contributed by atoms with Gasteiger partial charge < -0.3 is 10.2 Å². The Morgan fingerprint density at radius 3 is 3.06 bits per heavy atom. The minimum Gasteiger partial charge on any atom is -0.354 e. The summed E-state index contributed by atoms with van der Waals surface area (Å²) in [5.41, 5.74) is 0. The molecular weight excluding hydrogens is 292 g/mol. The number of hydrogen-bond donors (Lipinski definition) is 1. The fraction of sp³-hybridized carbons (Fsp3) is 0.692. The topological polar surface area (TPSA) is 41.0 Å². The molecule has 2 heterocycles. The van der Waals surface area contributed by atoms with Crippen molar-refractivity contribution in [2.24, 2.45) is 0 Å². The summed E-state index contributed by atoms with van der Waals surface area (Å²) in [5, 5.41) is 3.60. The molecule has 1 aliphatic heterocycles. The van der Waals surface area contributed by atoms with Crippen LogP contribution in [0.15, 0.2) is 17.0 Å². The maximum Gasteiger partial charge on any atom is 0.146 e. The van der Waals surface area contributed by atoms with Gasteiger partial charge in [-0.3, -0.25) is 0 Å².